The molecular formula is C11H8BrN5O. The summed E-state index contributed by atoms with van der Waals surface area (Å²) in [5.41, 5.74) is 7.15. The van der Waals surface area contributed by atoms with Crippen LogP contribution in [0.2, 0.25) is 0 Å². The summed E-state index contributed by atoms with van der Waals surface area (Å²) < 4.78 is 6.08. The van der Waals surface area contributed by atoms with Crippen LogP contribution in [0.5, 0.6) is 0 Å². The number of hydrogen-bond donors (Lipinski definition) is 2. The average Bonchev–Trinajstić information content (AvgIpc) is 2.98. The van der Waals surface area contributed by atoms with Gasteiger partial charge in [-0.25, -0.2) is 0 Å². The lowest BCUT2D eigenvalue weighted by Crippen LogP contribution is -1.87. The van der Waals surface area contributed by atoms with Crippen molar-refractivity contribution in [1.82, 2.24) is 20.3 Å². The topological polar surface area (TPSA) is 93.6 Å². The highest BCUT2D eigenvalue weighted by atomic mass is 79.9. The summed E-state index contributed by atoms with van der Waals surface area (Å²) in [6.45, 7) is 0. The van der Waals surface area contributed by atoms with Crippen LogP contribution in [0.4, 0.5) is 5.82 Å². The number of nitrogens with one attached hydrogen (secondary N) is 1. The molecule has 0 atom stereocenters. The van der Waals surface area contributed by atoms with Crippen molar-refractivity contribution >= 4 is 21.7 Å². The Kier molecular flexibility index (Phi) is 2.60. The van der Waals surface area contributed by atoms with E-state index in [9.17, 15) is 0 Å². The van der Waals surface area contributed by atoms with Gasteiger partial charge in [0, 0.05) is 10.0 Å². The molecule has 3 aromatic rings. The van der Waals surface area contributed by atoms with Gasteiger partial charge < -0.3 is 10.3 Å². The van der Waals surface area contributed by atoms with Crippen LogP contribution in [0.25, 0.3) is 22.8 Å². The quantitative estimate of drug-likeness (QED) is 0.758. The Morgan fingerprint density at radius 3 is 2.78 bits per heavy atom. The zero-order chi connectivity index (χ0) is 12.5. The summed E-state index contributed by atoms with van der Waals surface area (Å²) >= 11 is 3.44. The fourth-order valence-electron chi connectivity index (χ4n) is 1.55. The number of nitrogen functional groups attached to an aromatic ring is 1. The molecule has 90 valence electrons. The summed E-state index contributed by atoms with van der Waals surface area (Å²) in [4.78, 5) is 4.30. The van der Waals surface area contributed by atoms with E-state index in [1.807, 2.05) is 24.3 Å². The average molecular weight is 306 g/mol. The lowest BCUT2D eigenvalue weighted by atomic mass is 10.2. The van der Waals surface area contributed by atoms with Gasteiger partial charge >= 0.3 is 0 Å². The first-order valence-electron chi connectivity index (χ1n) is 5.13. The molecule has 0 saturated heterocycles. The van der Waals surface area contributed by atoms with Crippen LogP contribution in [-0.2, 0) is 0 Å². The van der Waals surface area contributed by atoms with E-state index >= 15 is 0 Å². The summed E-state index contributed by atoms with van der Waals surface area (Å²) in [6.07, 6.45) is 1.55. The molecule has 0 spiro atoms. The summed E-state index contributed by atoms with van der Waals surface area (Å²) in [6, 6.07) is 7.64. The van der Waals surface area contributed by atoms with E-state index in [4.69, 9.17) is 10.3 Å². The molecule has 3 N–H and O–H groups in total. The van der Waals surface area contributed by atoms with Gasteiger partial charge in [0.25, 0.3) is 5.89 Å². The third kappa shape index (κ3) is 1.78. The van der Waals surface area contributed by atoms with Crippen molar-refractivity contribution in [1.29, 1.82) is 0 Å². The zero-order valence-corrected chi connectivity index (χ0v) is 10.7. The van der Waals surface area contributed by atoms with Gasteiger partial charge in [0.1, 0.15) is 11.4 Å². The summed E-state index contributed by atoms with van der Waals surface area (Å²) in [5.74, 6) is 1.24. The molecule has 0 fully saturated rings. The van der Waals surface area contributed by atoms with Gasteiger partial charge in [-0.15, -0.1) is 0 Å². The standard InChI is InChI=1S/C11H8BrN5O/c12-8-4-2-1-3-6(8)10-15-11(18-17-10)7-5-14-16-9(7)13/h1-5H,(H3,13,14,16). The molecule has 0 aliphatic rings. The van der Waals surface area contributed by atoms with Crippen molar-refractivity contribution in [2.75, 3.05) is 5.73 Å². The second kappa shape index (κ2) is 4.26. The molecular weight excluding hydrogens is 298 g/mol. The predicted octanol–water partition coefficient (Wildman–Crippen LogP) is 2.47. The van der Waals surface area contributed by atoms with Crippen LogP contribution in [0, 0.1) is 0 Å². The Hall–Kier alpha value is -2.15. The highest BCUT2D eigenvalue weighted by Gasteiger charge is 2.15. The second-order valence-electron chi connectivity index (χ2n) is 3.60. The smallest absolute Gasteiger partial charge is 0.263 e. The maximum atomic E-state index is 5.70. The lowest BCUT2D eigenvalue weighted by molar-refractivity contribution is 0.432. The van der Waals surface area contributed by atoms with Crippen molar-refractivity contribution in [3.05, 3.63) is 34.9 Å². The van der Waals surface area contributed by atoms with Crippen LogP contribution in [0.15, 0.2) is 39.5 Å². The first-order chi connectivity index (χ1) is 8.75. The Morgan fingerprint density at radius 2 is 2.06 bits per heavy atom. The monoisotopic (exact) mass is 305 g/mol. The molecule has 0 unspecified atom stereocenters. The molecule has 0 saturated carbocycles. The Balaban J connectivity index is 2.05. The molecule has 0 aliphatic heterocycles. The Labute approximate surface area is 110 Å². The third-order valence-electron chi connectivity index (χ3n) is 2.44. The number of benzene rings is 1. The second-order valence-corrected chi connectivity index (χ2v) is 4.45. The number of aromatic nitrogens is 4. The van der Waals surface area contributed by atoms with Crippen LogP contribution in [0.1, 0.15) is 0 Å². The minimum absolute atomic E-state index is 0.340. The molecule has 0 aliphatic carbocycles. The number of anilines is 1. The molecule has 2 aromatic heterocycles. The van der Waals surface area contributed by atoms with E-state index in [1.165, 1.54) is 0 Å². The molecule has 1 aromatic carbocycles. The van der Waals surface area contributed by atoms with Gasteiger partial charge in [0.05, 0.1) is 6.20 Å². The number of rotatable bonds is 2. The zero-order valence-electron chi connectivity index (χ0n) is 9.09. The maximum absolute atomic E-state index is 5.70. The van der Waals surface area contributed by atoms with Crippen molar-refractivity contribution in [2.24, 2.45) is 0 Å². The number of halogens is 1. The minimum Gasteiger partial charge on any atom is -0.383 e. The molecule has 0 amide bonds. The van der Waals surface area contributed by atoms with Crippen molar-refractivity contribution in [2.45, 2.75) is 0 Å². The summed E-state index contributed by atoms with van der Waals surface area (Å²) in [5, 5.41) is 10.4. The highest BCUT2D eigenvalue weighted by molar-refractivity contribution is 9.10. The number of H-pyrrole nitrogens is 1. The van der Waals surface area contributed by atoms with E-state index in [0.29, 0.717) is 23.1 Å². The highest BCUT2D eigenvalue weighted by Crippen LogP contribution is 2.28. The van der Waals surface area contributed by atoms with Gasteiger partial charge in [0.15, 0.2) is 0 Å². The third-order valence-corrected chi connectivity index (χ3v) is 3.13. The maximum Gasteiger partial charge on any atom is 0.263 e. The normalized spacial score (nSPS) is 10.7. The Morgan fingerprint density at radius 1 is 1.22 bits per heavy atom. The molecule has 0 bridgehead atoms. The molecule has 18 heavy (non-hydrogen) atoms. The first-order valence-corrected chi connectivity index (χ1v) is 5.93. The number of nitrogens with two attached hydrogens (primary N) is 1. The molecule has 3 rings (SSSR count). The number of hydrogen-bond acceptors (Lipinski definition) is 5. The van der Waals surface area contributed by atoms with Gasteiger partial charge in [-0.05, 0) is 12.1 Å². The predicted molar refractivity (Wildman–Crippen MR) is 69.4 cm³/mol. The molecule has 2 heterocycles. The van der Waals surface area contributed by atoms with Gasteiger partial charge in [0.2, 0.25) is 5.82 Å². The molecule has 7 heteroatoms. The van der Waals surface area contributed by atoms with Gasteiger partial charge in [-0.1, -0.05) is 33.2 Å². The fraction of sp³-hybridized carbons (Fsp3) is 0. The van der Waals surface area contributed by atoms with E-state index in [2.05, 4.69) is 36.3 Å². The van der Waals surface area contributed by atoms with Crippen molar-refractivity contribution in [3.63, 3.8) is 0 Å². The minimum atomic E-state index is 0.340. The molecule has 0 radical (unpaired) electrons. The Bertz CT molecular complexity index is 690. The van der Waals surface area contributed by atoms with Crippen LogP contribution >= 0.6 is 15.9 Å². The van der Waals surface area contributed by atoms with Crippen LogP contribution in [-0.4, -0.2) is 20.3 Å². The molecule has 6 nitrogen and oxygen atoms in total. The van der Waals surface area contributed by atoms with Crippen molar-refractivity contribution in [3.8, 4) is 22.8 Å². The van der Waals surface area contributed by atoms with Gasteiger partial charge in [-0.3, -0.25) is 5.10 Å². The van der Waals surface area contributed by atoms with Crippen LogP contribution < -0.4 is 5.73 Å². The number of nitrogens with zero attached hydrogens (tertiary/aromatic N) is 3. The SMILES string of the molecule is Nc1[nH]ncc1-c1nc(-c2ccccc2Br)no1. The van der Waals surface area contributed by atoms with E-state index in [-0.39, 0.29) is 0 Å². The number of aromatic amines is 1. The first kappa shape index (κ1) is 11.0. The van der Waals surface area contributed by atoms with Crippen LogP contribution in [0.3, 0.4) is 0 Å². The van der Waals surface area contributed by atoms with Crippen molar-refractivity contribution < 1.29 is 4.52 Å². The van der Waals surface area contributed by atoms with Gasteiger partial charge in [-0.2, -0.15) is 10.1 Å². The van der Waals surface area contributed by atoms with E-state index in [1.54, 1.807) is 6.20 Å². The summed E-state index contributed by atoms with van der Waals surface area (Å²) in [7, 11) is 0. The van der Waals surface area contributed by atoms with E-state index < -0.39 is 0 Å². The lowest BCUT2D eigenvalue weighted by Gasteiger charge is -1.96. The van der Waals surface area contributed by atoms with E-state index in [0.717, 1.165) is 10.0 Å². The largest absolute Gasteiger partial charge is 0.383 e. The fourth-order valence-corrected chi connectivity index (χ4v) is 2.01.